The number of carbonyl (C=O) groups excluding carboxylic acids is 2. The molecule has 0 saturated carbocycles. The van der Waals surface area contributed by atoms with Gasteiger partial charge in [0.25, 0.3) is 0 Å². The van der Waals surface area contributed by atoms with E-state index in [1.54, 1.807) is 6.07 Å². The highest BCUT2D eigenvalue weighted by molar-refractivity contribution is 6.43. The highest BCUT2D eigenvalue weighted by Crippen LogP contribution is 2.32. The first-order valence-corrected chi connectivity index (χ1v) is 5.30. The average Bonchev–Trinajstić information content (AvgIpc) is 2.81. The summed E-state index contributed by atoms with van der Waals surface area (Å²) in [7, 11) is 0. The van der Waals surface area contributed by atoms with E-state index in [-0.39, 0.29) is 25.4 Å². The molecule has 1 aliphatic rings. The number of fused-ring (bicyclic) bond motifs is 1. The smallest absolute Gasteiger partial charge is 0.231 e. The predicted octanol–water partition coefficient (Wildman–Crippen LogP) is 0.940. The van der Waals surface area contributed by atoms with Gasteiger partial charge >= 0.3 is 0 Å². The highest BCUT2D eigenvalue weighted by atomic mass is 16.7. The first-order chi connectivity index (χ1) is 8.22. The van der Waals surface area contributed by atoms with Crippen LogP contribution in [0.1, 0.15) is 23.2 Å². The maximum absolute atomic E-state index is 11.7. The van der Waals surface area contributed by atoms with Gasteiger partial charge in [-0.25, -0.2) is 0 Å². The lowest BCUT2D eigenvalue weighted by molar-refractivity contribution is -0.115. The molecule has 0 fully saturated rings. The van der Waals surface area contributed by atoms with Crippen molar-refractivity contribution in [3.63, 3.8) is 0 Å². The van der Waals surface area contributed by atoms with Crippen molar-refractivity contribution in [2.75, 3.05) is 13.4 Å². The molecule has 1 aliphatic heterocycles. The van der Waals surface area contributed by atoms with E-state index in [0.29, 0.717) is 17.9 Å². The molecule has 1 aromatic carbocycles. The molecule has 1 heterocycles. The summed E-state index contributed by atoms with van der Waals surface area (Å²) in [6, 6.07) is 4.64. The van der Waals surface area contributed by atoms with Crippen LogP contribution >= 0.6 is 0 Å². The van der Waals surface area contributed by atoms with Gasteiger partial charge in [0.15, 0.2) is 11.5 Å². The number of aliphatic hydroxyl groups is 1. The Labute approximate surface area is 98.0 Å². The number of ether oxygens (including phenoxy) is 2. The fourth-order valence-corrected chi connectivity index (χ4v) is 1.55. The van der Waals surface area contributed by atoms with Gasteiger partial charge in [-0.15, -0.1) is 0 Å². The lowest BCUT2D eigenvalue weighted by atomic mass is 10.0. The van der Waals surface area contributed by atoms with Crippen LogP contribution in [0, 0.1) is 0 Å². The van der Waals surface area contributed by atoms with E-state index < -0.39 is 11.6 Å². The number of hydrogen-bond acceptors (Lipinski definition) is 5. The quantitative estimate of drug-likeness (QED) is 0.608. The summed E-state index contributed by atoms with van der Waals surface area (Å²) < 4.78 is 10.2. The van der Waals surface area contributed by atoms with E-state index in [4.69, 9.17) is 14.6 Å². The van der Waals surface area contributed by atoms with E-state index in [2.05, 4.69) is 0 Å². The summed E-state index contributed by atoms with van der Waals surface area (Å²) in [5, 5.41) is 8.59. The van der Waals surface area contributed by atoms with Crippen LogP contribution in [-0.2, 0) is 4.79 Å². The lowest BCUT2D eigenvalue weighted by Crippen LogP contribution is -2.14. The Morgan fingerprint density at radius 1 is 1.24 bits per heavy atom. The molecular weight excluding hydrogens is 224 g/mol. The highest BCUT2D eigenvalue weighted by Gasteiger charge is 2.20. The number of hydrogen-bond donors (Lipinski definition) is 1. The Balaban J connectivity index is 2.12. The Morgan fingerprint density at radius 2 is 2.00 bits per heavy atom. The number of carbonyl (C=O) groups is 2. The zero-order chi connectivity index (χ0) is 12.3. The Bertz CT molecular complexity index is 452. The minimum atomic E-state index is -0.559. The van der Waals surface area contributed by atoms with Crippen LogP contribution < -0.4 is 9.47 Å². The van der Waals surface area contributed by atoms with Crippen LogP contribution in [0.4, 0.5) is 0 Å². The second-order valence-electron chi connectivity index (χ2n) is 3.65. The van der Waals surface area contributed by atoms with Crippen molar-refractivity contribution >= 4 is 11.6 Å². The van der Waals surface area contributed by atoms with E-state index >= 15 is 0 Å². The number of rotatable bonds is 5. The van der Waals surface area contributed by atoms with Gasteiger partial charge in [0.05, 0.1) is 0 Å². The maximum Gasteiger partial charge on any atom is 0.231 e. The van der Waals surface area contributed by atoms with Gasteiger partial charge in [0.1, 0.15) is 0 Å². The first kappa shape index (κ1) is 11.6. The van der Waals surface area contributed by atoms with Crippen molar-refractivity contribution < 1.29 is 24.2 Å². The van der Waals surface area contributed by atoms with Crippen LogP contribution in [0.5, 0.6) is 11.5 Å². The van der Waals surface area contributed by atoms with E-state index in [1.807, 2.05) is 0 Å². The first-order valence-electron chi connectivity index (χ1n) is 5.30. The summed E-state index contributed by atoms with van der Waals surface area (Å²) in [6.07, 6.45) is 0.360. The van der Waals surface area contributed by atoms with Crippen LogP contribution in [0.15, 0.2) is 18.2 Å². The molecule has 1 aromatic rings. The molecule has 5 heteroatoms. The molecule has 0 saturated heterocycles. The van der Waals surface area contributed by atoms with Crippen LogP contribution in [0.3, 0.4) is 0 Å². The van der Waals surface area contributed by atoms with Gasteiger partial charge in [-0.2, -0.15) is 0 Å². The molecule has 90 valence electrons. The van der Waals surface area contributed by atoms with Crippen LogP contribution in [-0.4, -0.2) is 30.1 Å². The second kappa shape index (κ2) is 4.97. The molecule has 0 amide bonds. The fraction of sp³-hybridized carbons (Fsp3) is 0.333. The summed E-state index contributed by atoms with van der Waals surface area (Å²) in [4.78, 5) is 23.2. The molecule has 0 radical (unpaired) electrons. The minimum absolute atomic E-state index is 0.0593. The van der Waals surface area contributed by atoms with Crippen molar-refractivity contribution in [1.29, 1.82) is 0 Å². The summed E-state index contributed by atoms with van der Waals surface area (Å²) >= 11 is 0. The third-order valence-corrected chi connectivity index (χ3v) is 2.45. The zero-order valence-electron chi connectivity index (χ0n) is 9.14. The van der Waals surface area contributed by atoms with Gasteiger partial charge in [-0.1, -0.05) is 0 Å². The zero-order valence-corrected chi connectivity index (χ0v) is 9.14. The van der Waals surface area contributed by atoms with E-state index in [9.17, 15) is 9.59 Å². The number of Topliss-reactive ketones (excluding diaryl/α,β-unsaturated/α-hetero) is 2. The number of ketones is 2. The molecule has 0 atom stereocenters. The molecule has 5 nitrogen and oxygen atoms in total. The van der Waals surface area contributed by atoms with Crippen molar-refractivity contribution in [2.24, 2.45) is 0 Å². The largest absolute Gasteiger partial charge is 0.454 e. The summed E-state index contributed by atoms with van der Waals surface area (Å²) in [6.45, 7) is 0.0333. The third kappa shape index (κ3) is 2.45. The second-order valence-corrected chi connectivity index (χ2v) is 3.65. The normalized spacial score (nSPS) is 12.5. The van der Waals surface area contributed by atoms with Crippen molar-refractivity contribution in [3.05, 3.63) is 23.8 Å². The predicted molar refractivity (Wildman–Crippen MR) is 58.2 cm³/mol. The molecular formula is C12H12O5. The standard InChI is InChI=1S/C12H12O5/c13-5-1-2-9(14)12(15)8-3-4-10-11(6-8)17-7-16-10/h3-4,6,13H,1-2,5,7H2. The van der Waals surface area contributed by atoms with Gasteiger partial charge in [0.2, 0.25) is 18.4 Å². The lowest BCUT2D eigenvalue weighted by Gasteiger charge is -2.01. The maximum atomic E-state index is 11.7. The van der Waals surface area contributed by atoms with Crippen LogP contribution in [0.2, 0.25) is 0 Å². The van der Waals surface area contributed by atoms with Crippen molar-refractivity contribution in [3.8, 4) is 11.5 Å². The molecule has 17 heavy (non-hydrogen) atoms. The van der Waals surface area contributed by atoms with Crippen molar-refractivity contribution in [1.82, 2.24) is 0 Å². The van der Waals surface area contributed by atoms with E-state index in [1.165, 1.54) is 12.1 Å². The molecule has 0 spiro atoms. The van der Waals surface area contributed by atoms with Gasteiger partial charge < -0.3 is 14.6 Å². The SMILES string of the molecule is O=C(CCCO)C(=O)c1ccc2c(c1)OCO2. The molecule has 2 rings (SSSR count). The van der Waals surface area contributed by atoms with Gasteiger partial charge in [0, 0.05) is 18.6 Å². The van der Waals surface area contributed by atoms with E-state index in [0.717, 1.165) is 0 Å². The molecule has 1 N–H and O–H groups in total. The Kier molecular flexibility index (Phi) is 3.39. The van der Waals surface area contributed by atoms with Gasteiger partial charge in [-0.05, 0) is 24.6 Å². The molecule has 0 unspecified atom stereocenters. The summed E-state index contributed by atoms with van der Waals surface area (Å²) in [5.41, 5.74) is 0.289. The third-order valence-electron chi connectivity index (χ3n) is 2.45. The summed E-state index contributed by atoms with van der Waals surface area (Å²) in [5.74, 6) is -0.00942. The monoisotopic (exact) mass is 236 g/mol. The molecule has 0 aliphatic carbocycles. The minimum Gasteiger partial charge on any atom is -0.454 e. The number of benzene rings is 1. The number of aliphatic hydroxyl groups excluding tert-OH is 1. The Hall–Kier alpha value is -1.88. The Morgan fingerprint density at radius 3 is 2.76 bits per heavy atom. The van der Waals surface area contributed by atoms with Gasteiger partial charge in [-0.3, -0.25) is 9.59 Å². The molecule has 0 aromatic heterocycles. The molecule has 0 bridgehead atoms. The topological polar surface area (TPSA) is 72.8 Å². The average molecular weight is 236 g/mol. The fourth-order valence-electron chi connectivity index (χ4n) is 1.55. The van der Waals surface area contributed by atoms with Crippen molar-refractivity contribution in [2.45, 2.75) is 12.8 Å². The van der Waals surface area contributed by atoms with Crippen LogP contribution in [0.25, 0.3) is 0 Å².